The molecule has 1 aromatic rings. The van der Waals surface area contributed by atoms with Crippen molar-refractivity contribution in [1.29, 1.82) is 0 Å². The first-order valence-electron chi connectivity index (χ1n) is 5.65. The second-order valence-electron chi connectivity index (χ2n) is 5.03. The van der Waals surface area contributed by atoms with Crippen molar-refractivity contribution < 1.29 is 9.31 Å². The molecular weight excluding hydrogens is 201 g/mol. The molecule has 1 aromatic carbocycles. The zero-order chi connectivity index (χ0) is 11.8. The largest absolute Gasteiger partial charge is 0.494 e. The molecule has 0 saturated carbocycles. The summed E-state index contributed by atoms with van der Waals surface area (Å²) in [4.78, 5) is 0. The van der Waals surface area contributed by atoms with Gasteiger partial charge in [0.05, 0.1) is 5.60 Å². The Morgan fingerprint density at radius 2 is 1.94 bits per heavy atom. The van der Waals surface area contributed by atoms with Crippen LogP contribution in [0.25, 0.3) is 0 Å². The summed E-state index contributed by atoms with van der Waals surface area (Å²) in [7, 11) is -0.278. The predicted molar refractivity (Wildman–Crippen MR) is 66.6 cm³/mol. The molecule has 0 aliphatic carbocycles. The first kappa shape index (κ1) is 11.5. The van der Waals surface area contributed by atoms with Gasteiger partial charge < -0.3 is 15.0 Å². The Balaban J connectivity index is 2.17. The van der Waals surface area contributed by atoms with Gasteiger partial charge in [-0.2, -0.15) is 0 Å². The molecule has 0 spiro atoms. The van der Waals surface area contributed by atoms with E-state index in [1.54, 1.807) is 0 Å². The lowest BCUT2D eigenvalue weighted by Gasteiger charge is -2.38. The number of benzene rings is 1. The quantitative estimate of drug-likeness (QED) is 0.575. The van der Waals surface area contributed by atoms with E-state index in [1.807, 2.05) is 24.3 Å². The Morgan fingerprint density at radius 3 is 2.50 bits per heavy atom. The van der Waals surface area contributed by atoms with Crippen LogP contribution in [0.3, 0.4) is 0 Å². The lowest BCUT2D eigenvalue weighted by atomic mass is 9.75. The summed E-state index contributed by atoms with van der Waals surface area (Å²) in [5, 5.41) is 0. The zero-order valence-electron chi connectivity index (χ0n) is 10.1. The molecule has 1 saturated heterocycles. The molecule has 1 heterocycles. The lowest BCUT2D eigenvalue weighted by Crippen LogP contribution is -2.51. The number of hydrogen-bond donors (Lipinski definition) is 1. The molecule has 4 heteroatoms. The van der Waals surface area contributed by atoms with Gasteiger partial charge in [-0.15, -0.1) is 0 Å². The third-order valence-electron chi connectivity index (χ3n) is 2.77. The molecule has 16 heavy (non-hydrogen) atoms. The van der Waals surface area contributed by atoms with Crippen LogP contribution in [0.1, 0.15) is 27.2 Å². The summed E-state index contributed by atoms with van der Waals surface area (Å²) in [6.07, 6.45) is 1.13. The van der Waals surface area contributed by atoms with Gasteiger partial charge in [-0.25, -0.2) is 0 Å². The van der Waals surface area contributed by atoms with Crippen molar-refractivity contribution in [3.05, 3.63) is 24.3 Å². The van der Waals surface area contributed by atoms with Crippen LogP contribution in [-0.2, 0) is 9.31 Å². The molecule has 0 aromatic heterocycles. The third-order valence-corrected chi connectivity index (χ3v) is 2.77. The first-order chi connectivity index (χ1) is 7.46. The summed E-state index contributed by atoms with van der Waals surface area (Å²) in [6.45, 7) is 6.27. The van der Waals surface area contributed by atoms with Crippen LogP contribution < -0.4 is 11.2 Å². The standard InChI is InChI=1S/C12H18BNO2/c1-9-8-12(2,3)16-13(15-9)10-4-6-11(14)7-5-10/h4-7,9H,8,14H2,1-3H3. The van der Waals surface area contributed by atoms with Gasteiger partial charge in [-0.05, 0) is 44.8 Å². The molecular formula is C12H18BNO2. The first-order valence-corrected chi connectivity index (χ1v) is 5.65. The van der Waals surface area contributed by atoms with E-state index >= 15 is 0 Å². The number of nitrogens with two attached hydrogens (primary N) is 1. The minimum atomic E-state index is -0.278. The summed E-state index contributed by atoms with van der Waals surface area (Å²) in [5.74, 6) is 0. The van der Waals surface area contributed by atoms with Crippen LogP contribution in [-0.4, -0.2) is 18.8 Å². The number of rotatable bonds is 1. The van der Waals surface area contributed by atoms with Crippen LogP contribution in [0.5, 0.6) is 0 Å². The summed E-state index contributed by atoms with van der Waals surface area (Å²) in [5.41, 5.74) is 7.30. The normalized spacial score (nSPS) is 24.4. The highest BCUT2D eigenvalue weighted by Gasteiger charge is 2.37. The molecule has 0 amide bonds. The lowest BCUT2D eigenvalue weighted by molar-refractivity contribution is -0.0229. The molecule has 1 unspecified atom stereocenters. The Hall–Kier alpha value is -0.995. The second kappa shape index (κ2) is 4.11. The monoisotopic (exact) mass is 219 g/mol. The molecule has 2 rings (SSSR count). The predicted octanol–water partition coefficient (Wildman–Crippen LogP) is 1.57. The molecule has 1 aliphatic rings. The highest BCUT2D eigenvalue weighted by molar-refractivity contribution is 6.61. The molecule has 1 fully saturated rings. The Bertz CT molecular complexity index is 364. The van der Waals surface area contributed by atoms with Gasteiger partial charge >= 0.3 is 7.12 Å². The summed E-state index contributed by atoms with van der Waals surface area (Å²) >= 11 is 0. The highest BCUT2D eigenvalue weighted by Crippen LogP contribution is 2.25. The van der Waals surface area contributed by atoms with Gasteiger partial charge in [0.1, 0.15) is 0 Å². The average molecular weight is 219 g/mol. The van der Waals surface area contributed by atoms with Crippen LogP contribution >= 0.6 is 0 Å². The zero-order valence-corrected chi connectivity index (χ0v) is 10.1. The van der Waals surface area contributed by atoms with Crippen LogP contribution in [0.2, 0.25) is 0 Å². The molecule has 3 nitrogen and oxygen atoms in total. The summed E-state index contributed by atoms with van der Waals surface area (Å²) < 4.78 is 11.7. The van der Waals surface area contributed by atoms with Gasteiger partial charge in [0.2, 0.25) is 0 Å². The average Bonchev–Trinajstić information content (AvgIpc) is 2.15. The van der Waals surface area contributed by atoms with Crippen LogP contribution in [0.15, 0.2) is 24.3 Å². The van der Waals surface area contributed by atoms with E-state index in [0.29, 0.717) is 0 Å². The Morgan fingerprint density at radius 1 is 1.31 bits per heavy atom. The van der Waals surface area contributed by atoms with E-state index in [0.717, 1.165) is 17.6 Å². The maximum Gasteiger partial charge on any atom is 0.494 e. The van der Waals surface area contributed by atoms with Gasteiger partial charge in [-0.3, -0.25) is 0 Å². The summed E-state index contributed by atoms with van der Waals surface area (Å²) in [6, 6.07) is 7.64. The van der Waals surface area contributed by atoms with Crippen molar-refractivity contribution in [3.63, 3.8) is 0 Å². The van der Waals surface area contributed by atoms with Gasteiger partial charge in [0.15, 0.2) is 0 Å². The Kier molecular flexibility index (Phi) is 2.95. The Labute approximate surface area is 97.1 Å². The van der Waals surface area contributed by atoms with Crippen molar-refractivity contribution in [2.24, 2.45) is 0 Å². The minimum absolute atomic E-state index is 0.135. The highest BCUT2D eigenvalue weighted by atomic mass is 16.6. The molecule has 2 N–H and O–H groups in total. The fourth-order valence-corrected chi connectivity index (χ4v) is 2.12. The SMILES string of the molecule is CC1CC(C)(C)OB(c2ccc(N)cc2)O1. The second-order valence-corrected chi connectivity index (χ2v) is 5.03. The van der Waals surface area contributed by atoms with Crippen molar-refractivity contribution in [2.75, 3.05) is 5.73 Å². The molecule has 1 aliphatic heterocycles. The van der Waals surface area contributed by atoms with E-state index < -0.39 is 0 Å². The van der Waals surface area contributed by atoms with Gasteiger partial charge in [-0.1, -0.05) is 12.1 Å². The minimum Gasteiger partial charge on any atom is -0.405 e. The molecule has 0 bridgehead atoms. The van der Waals surface area contributed by atoms with E-state index in [-0.39, 0.29) is 18.8 Å². The van der Waals surface area contributed by atoms with Crippen molar-refractivity contribution in [3.8, 4) is 0 Å². The number of nitrogen functional groups attached to an aromatic ring is 1. The molecule has 1 atom stereocenters. The van der Waals surface area contributed by atoms with Crippen molar-refractivity contribution in [2.45, 2.75) is 38.9 Å². The van der Waals surface area contributed by atoms with Gasteiger partial charge in [0.25, 0.3) is 0 Å². The molecule has 86 valence electrons. The van der Waals surface area contributed by atoms with E-state index in [1.165, 1.54) is 0 Å². The van der Waals surface area contributed by atoms with E-state index in [9.17, 15) is 0 Å². The fraction of sp³-hybridized carbons (Fsp3) is 0.500. The van der Waals surface area contributed by atoms with Crippen LogP contribution in [0, 0.1) is 0 Å². The van der Waals surface area contributed by atoms with Crippen molar-refractivity contribution >= 4 is 18.3 Å². The number of anilines is 1. The van der Waals surface area contributed by atoms with Crippen LogP contribution in [0.4, 0.5) is 5.69 Å². The maximum absolute atomic E-state index is 5.91. The topological polar surface area (TPSA) is 44.5 Å². The number of hydrogen-bond acceptors (Lipinski definition) is 3. The smallest absolute Gasteiger partial charge is 0.405 e. The van der Waals surface area contributed by atoms with Gasteiger partial charge in [0, 0.05) is 11.8 Å². The fourth-order valence-electron chi connectivity index (χ4n) is 2.12. The van der Waals surface area contributed by atoms with Crippen molar-refractivity contribution in [1.82, 2.24) is 0 Å². The maximum atomic E-state index is 5.91. The third kappa shape index (κ3) is 2.57. The van der Waals surface area contributed by atoms with E-state index in [4.69, 9.17) is 15.0 Å². The van der Waals surface area contributed by atoms with E-state index in [2.05, 4.69) is 20.8 Å². The molecule has 0 radical (unpaired) electrons.